The van der Waals surface area contributed by atoms with Gasteiger partial charge in [0.15, 0.2) is 11.8 Å². The summed E-state index contributed by atoms with van der Waals surface area (Å²) < 4.78 is 7.67. The van der Waals surface area contributed by atoms with E-state index in [1.54, 1.807) is 0 Å². The predicted octanol–water partition coefficient (Wildman–Crippen LogP) is 2.10. The lowest BCUT2D eigenvalue weighted by Gasteiger charge is -2.23. The van der Waals surface area contributed by atoms with Gasteiger partial charge in [-0.25, -0.2) is 4.99 Å². The van der Waals surface area contributed by atoms with E-state index in [1.807, 2.05) is 18.5 Å². The zero-order valence-corrected chi connectivity index (χ0v) is 17.6. The molecule has 1 unspecified atom stereocenters. The number of nitrogens with one attached hydrogen (secondary N) is 1. The van der Waals surface area contributed by atoms with Gasteiger partial charge >= 0.3 is 0 Å². The molecule has 7 nitrogen and oxygen atoms in total. The van der Waals surface area contributed by atoms with Crippen LogP contribution in [0, 0.1) is 6.92 Å². The van der Waals surface area contributed by atoms with E-state index in [2.05, 4.69) is 34.4 Å². The van der Waals surface area contributed by atoms with Crippen molar-refractivity contribution in [1.82, 2.24) is 25.0 Å². The number of aromatic nitrogens is 3. The number of unbranched alkanes of at least 4 members (excludes halogenated alkanes) is 1. The van der Waals surface area contributed by atoms with Crippen molar-refractivity contribution >= 4 is 29.9 Å². The van der Waals surface area contributed by atoms with Crippen molar-refractivity contribution in [3.8, 4) is 0 Å². The Morgan fingerprint density at radius 3 is 2.83 bits per heavy atom. The Bertz CT molecular complexity index is 513. The Morgan fingerprint density at radius 1 is 1.46 bits per heavy atom. The fraction of sp³-hybridized carbons (Fsp3) is 0.812. The number of hydrogen-bond donors (Lipinski definition) is 1. The average Bonchev–Trinajstić information content (AvgIpc) is 3.17. The van der Waals surface area contributed by atoms with Crippen LogP contribution < -0.4 is 5.32 Å². The Balaban J connectivity index is 0.00000288. The summed E-state index contributed by atoms with van der Waals surface area (Å²) in [6.45, 7) is 7.36. The SMILES string of the molecule is CCCCN(C)C(=NCc1nnc(C)n1C)NCC1CCCO1.I. The second kappa shape index (κ2) is 10.9. The number of aliphatic imine (C=N–C) groups is 1. The molecule has 8 heteroatoms. The van der Waals surface area contributed by atoms with Crippen molar-refractivity contribution in [3.05, 3.63) is 11.6 Å². The number of guanidine groups is 1. The lowest BCUT2D eigenvalue weighted by atomic mass is 10.2. The summed E-state index contributed by atoms with van der Waals surface area (Å²) in [5, 5.41) is 11.7. The zero-order chi connectivity index (χ0) is 16.7. The van der Waals surface area contributed by atoms with E-state index in [0.29, 0.717) is 12.6 Å². The van der Waals surface area contributed by atoms with Crippen molar-refractivity contribution in [2.24, 2.45) is 12.0 Å². The zero-order valence-electron chi connectivity index (χ0n) is 15.3. The first-order chi connectivity index (χ1) is 11.1. The van der Waals surface area contributed by atoms with Crippen LogP contribution >= 0.6 is 24.0 Å². The molecular formula is C16H31IN6O. The van der Waals surface area contributed by atoms with Crippen molar-refractivity contribution in [3.63, 3.8) is 0 Å². The van der Waals surface area contributed by atoms with E-state index in [9.17, 15) is 0 Å². The quantitative estimate of drug-likeness (QED) is 0.392. The van der Waals surface area contributed by atoms with Gasteiger partial charge in [0.1, 0.15) is 12.4 Å². The van der Waals surface area contributed by atoms with Gasteiger partial charge in [-0.1, -0.05) is 13.3 Å². The second-order valence-electron chi connectivity index (χ2n) is 6.15. The van der Waals surface area contributed by atoms with Gasteiger partial charge < -0.3 is 19.5 Å². The third-order valence-corrected chi connectivity index (χ3v) is 4.27. The van der Waals surface area contributed by atoms with Crippen LogP contribution in [0.5, 0.6) is 0 Å². The van der Waals surface area contributed by atoms with Gasteiger partial charge in [0.2, 0.25) is 0 Å². The highest BCUT2D eigenvalue weighted by Gasteiger charge is 2.17. The maximum absolute atomic E-state index is 5.69. The van der Waals surface area contributed by atoms with E-state index in [-0.39, 0.29) is 24.0 Å². The Labute approximate surface area is 162 Å². The maximum Gasteiger partial charge on any atom is 0.194 e. The highest BCUT2D eigenvalue weighted by Crippen LogP contribution is 2.10. The van der Waals surface area contributed by atoms with Crippen molar-refractivity contribution in [2.45, 2.75) is 52.2 Å². The van der Waals surface area contributed by atoms with Crippen LogP contribution in [0.2, 0.25) is 0 Å². The molecule has 1 fully saturated rings. The summed E-state index contributed by atoms with van der Waals surface area (Å²) in [5.41, 5.74) is 0. The predicted molar refractivity (Wildman–Crippen MR) is 107 cm³/mol. The second-order valence-corrected chi connectivity index (χ2v) is 6.15. The standard InChI is InChI=1S/C16H30N6O.HI/c1-5-6-9-21(3)16(17-11-14-8-7-10-23-14)18-12-15-20-19-13(2)22(15)4;/h14H,5-12H2,1-4H3,(H,17,18);1H. The summed E-state index contributed by atoms with van der Waals surface area (Å²) >= 11 is 0. The molecule has 138 valence electrons. The monoisotopic (exact) mass is 450 g/mol. The fourth-order valence-corrected chi connectivity index (χ4v) is 2.56. The Morgan fingerprint density at radius 2 is 2.25 bits per heavy atom. The molecule has 2 rings (SSSR count). The fourth-order valence-electron chi connectivity index (χ4n) is 2.56. The molecule has 1 atom stereocenters. The van der Waals surface area contributed by atoms with E-state index >= 15 is 0 Å². The molecule has 24 heavy (non-hydrogen) atoms. The molecule has 1 N–H and O–H groups in total. The van der Waals surface area contributed by atoms with Crippen LogP contribution in [-0.4, -0.2) is 58.5 Å². The minimum atomic E-state index is 0. The molecule has 1 aromatic rings. The lowest BCUT2D eigenvalue weighted by Crippen LogP contribution is -2.42. The summed E-state index contributed by atoms with van der Waals surface area (Å²) in [5.74, 6) is 2.70. The molecule has 0 spiro atoms. The molecule has 0 aromatic carbocycles. The average molecular weight is 450 g/mol. The number of rotatable bonds is 7. The Kier molecular flexibility index (Phi) is 9.57. The topological polar surface area (TPSA) is 67.6 Å². The van der Waals surface area contributed by atoms with Crippen LogP contribution in [0.1, 0.15) is 44.3 Å². The van der Waals surface area contributed by atoms with Crippen LogP contribution in [-0.2, 0) is 18.3 Å². The highest BCUT2D eigenvalue weighted by molar-refractivity contribution is 14.0. The summed E-state index contributed by atoms with van der Waals surface area (Å²) in [6.07, 6.45) is 4.91. The molecule has 0 aliphatic carbocycles. The number of hydrogen-bond acceptors (Lipinski definition) is 4. The van der Waals surface area contributed by atoms with Crippen LogP contribution in [0.3, 0.4) is 0 Å². The molecule has 1 aromatic heterocycles. The molecule has 1 aliphatic rings. The highest BCUT2D eigenvalue weighted by atomic mass is 127. The van der Waals surface area contributed by atoms with Gasteiger partial charge in [-0.2, -0.15) is 0 Å². The molecule has 0 amide bonds. The first-order valence-corrected chi connectivity index (χ1v) is 8.57. The molecule has 2 heterocycles. The smallest absolute Gasteiger partial charge is 0.194 e. The number of ether oxygens (including phenoxy) is 1. The number of nitrogens with zero attached hydrogens (tertiary/aromatic N) is 5. The number of aryl methyl sites for hydroxylation is 1. The van der Waals surface area contributed by atoms with Crippen LogP contribution in [0.15, 0.2) is 4.99 Å². The minimum Gasteiger partial charge on any atom is -0.376 e. The van der Waals surface area contributed by atoms with Crippen molar-refractivity contribution in [1.29, 1.82) is 0 Å². The molecule has 0 radical (unpaired) electrons. The van der Waals surface area contributed by atoms with Crippen LogP contribution in [0.4, 0.5) is 0 Å². The van der Waals surface area contributed by atoms with E-state index in [4.69, 9.17) is 9.73 Å². The largest absolute Gasteiger partial charge is 0.376 e. The van der Waals surface area contributed by atoms with E-state index in [0.717, 1.165) is 56.6 Å². The van der Waals surface area contributed by atoms with Gasteiger partial charge in [0, 0.05) is 33.8 Å². The van der Waals surface area contributed by atoms with Gasteiger partial charge in [0.25, 0.3) is 0 Å². The lowest BCUT2D eigenvalue weighted by molar-refractivity contribution is 0.113. The molecule has 1 aliphatic heterocycles. The van der Waals surface area contributed by atoms with Gasteiger partial charge in [-0.15, -0.1) is 34.2 Å². The third-order valence-electron chi connectivity index (χ3n) is 4.27. The molecule has 0 bridgehead atoms. The third kappa shape index (κ3) is 6.19. The molecular weight excluding hydrogens is 419 g/mol. The summed E-state index contributed by atoms with van der Waals surface area (Å²) in [7, 11) is 4.05. The van der Waals surface area contributed by atoms with E-state index in [1.165, 1.54) is 6.42 Å². The van der Waals surface area contributed by atoms with Gasteiger partial charge in [0.05, 0.1) is 6.10 Å². The van der Waals surface area contributed by atoms with E-state index < -0.39 is 0 Å². The summed E-state index contributed by atoms with van der Waals surface area (Å²) in [6, 6.07) is 0. The maximum atomic E-state index is 5.69. The normalized spacial score (nSPS) is 17.7. The van der Waals surface area contributed by atoms with Crippen molar-refractivity contribution < 1.29 is 4.74 Å². The first-order valence-electron chi connectivity index (χ1n) is 8.57. The van der Waals surface area contributed by atoms with Gasteiger partial charge in [-0.05, 0) is 26.2 Å². The van der Waals surface area contributed by atoms with Crippen LogP contribution in [0.25, 0.3) is 0 Å². The van der Waals surface area contributed by atoms with Crippen molar-refractivity contribution in [2.75, 3.05) is 26.7 Å². The molecule has 0 saturated carbocycles. The number of halogens is 1. The first kappa shape index (κ1) is 21.1. The van der Waals surface area contributed by atoms with Gasteiger partial charge in [-0.3, -0.25) is 0 Å². The Hall–Kier alpha value is -0.900. The minimum absolute atomic E-state index is 0. The summed E-state index contributed by atoms with van der Waals surface area (Å²) in [4.78, 5) is 6.92. The molecule has 1 saturated heterocycles.